The van der Waals surface area contributed by atoms with E-state index in [1.54, 1.807) is 0 Å². The van der Waals surface area contributed by atoms with Crippen molar-refractivity contribution in [3.63, 3.8) is 0 Å². The Morgan fingerprint density at radius 3 is 2.46 bits per heavy atom. The van der Waals surface area contributed by atoms with Crippen molar-refractivity contribution in [2.75, 3.05) is 19.6 Å². The molecule has 1 aliphatic heterocycles. The Morgan fingerprint density at radius 1 is 1.08 bits per heavy atom. The second-order valence-corrected chi connectivity index (χ2v) is 7.84. The summed E-state index contributed by atoms with van der Waals surface area (Å²) in [5.41, 5.74) is 1.16. The molecule has 140 valence electrons. The summed E-state index contributed by atoms with van der Waals surface area (Å²) in [5.74, 6) is 2.09. The van der Waals surface area contributed by atoms with Gasteiger partial charge in [-0.3, -0.25) is 4.90 Å². The van der Waals surface area contributed by atoms with Gasteiger partial charge in [-0.25, -0.2) is 0 Å². The average molecular weight is 374 g/mol. The number of ether oxygens (including phenoxy) is 2. The summed E-state index contributed by atoms with van der Waals surface area (Å²) >= 11 is 6.44. The van der Waals surface area contributed by atoms with E-state index in [0.717, 1.165) is 43.1 Å². The molecule has 0 saturated carbocycles. The molecule has 3 unspecified atom stereocenters. The zero-order valence-corrected chi connectivity index (χ0v) is 16.6. The molecule has 0 aromatic heterocycles. The van der Waals surface area contributed by atoms with Gasteiger partial charge in [-0.1, -0.05) is 48.9 Å². The van der Waals surface area contributed by atoms with E-state index >= 15 is 0 Å². The van der Waals surface area contributed by atoms with Gasteiger partial charge in [0.1, 0.15) is 11.5 Å². The zero-order valence-electron chi connectivity index (χ0n) is 15.8. The maximum atomic E-state index is 6.44. The van der Waals surface area contributed by atoms with E-state index in [0.29, 0.717) is 23.1 Å². The molecule has 3 nitrogen and oxygen atoms in total. The molecule has 4 heteroatoms. The second-order valence-electron chi connectivity index (χ2n) is 7.43. The Hall–Kier alpha value is -1.55. The Morgan fingerprint density at radius 2 is 1.77 bits per heavy atom. The first-order valence-corrected chi connectivity index (χ1v) is 9.77. The highest BCUT2D eigenvalue weighted by atomic mass is 35.5. The minimum atomic E-state index is 0.300. The van der Waals surface area contributed by atoms with E-state index in [4.69, 9.17) is 21.1 Å². The van der Waals surface area contributed by atoms with Gasteiger partial charge in [0, 0.05) is 19.6 Å². The van der Waals surface area contributed by atoms with Gasteiger partial charge in [-0.05, 0) is 49.9 Å². The van der Waals surface area contributed by atoms with Gasteiger partial charge in [-0.15, -0.1) is 0 Å². The van der Waals surface area contributed by atoms with E-state index < -0.39 is 0 Å². The molecule has 3 atom stereocenters. The predicted octanol–water partition coefficient (Wildman–Crippen LogP) is 5.42. The van der Waals surface area contributed by atoms with Crippen LogP contribution in [-0.2, 0) is 11.2 Å². The Bertz CT molecular complexity index is 697. The minimum absolute atomic E-state index is 0.300. The van der Waals surface area contributed by atoms with Crippen LogP contribution in [0.3, 0.4) is 0 Å². The Kier molecular flexibility index (Phi) is 6.58. The van der Waals surface area contributed by atoms with Crippen molar-refractivity contribution in [3.05, 3.63) is 59.1 Å². The number of halogens is 1. The number of nitrogens with zero attached hydrogens (tertiary/aromatic N) is 1. The molecule has 1 aliphatic rings. The first kappa shape index (κ1) is 19.2. The largest absolute Gasteiger partial charge is 0.456 e. The third kappa shape index (κ3) is 5.23. The number of rotatable bonds is 6. The summed E-state index contributed by atoms with van der Waals surface area (Å²) in [6.45, 7) is 9.63. The molecule has 2 aromatic carbocycles. The van der Waals surface area contributed by atoms with E-state index in [9.17, 15) is 0 Å². The fourth-order valence-corrected chi connectivity index (χ4v) is 3.98. The van der Waals surface area contributed by atoms with Gasteiger partial charge in [0.25, 0.3) is 0 Å². The molecule has 0 bridgehead atoms. The van der Waals surface area contributed by atoms with Crippen molar-refractivity contribution in [2.24, 2.45) is 5.92 Å². The molecule has 0 spiro atoms. The lowest BCUT2D eigenvalue weighted by atomic mass is 9.99. The highest BCUT2D eigenvalue weighted by Crippen LogP contribution is 2.34. The summed E-state index contributed by atoms with van der Waals surface area (Å²) in [5, 5.41) is 0.659. The van der Waals surface area contributed by atoms with Crippen LogP contribution in [0.5, 0.6) is 11.5 Å². The van der Waals surface area contributed by atoms with E-state index in [1.165, 1.54) is 0 Å². The SMILES string of the molecule is CC(Cc1cccc(Cl)c1Oc1ccccc1)CN1CC(C)OC(C)C1. The summed E-state index contributed by atoms with van der Waals surface area (Å²) in [7, 11) is 0. The lowest BCUT2D eigenvalue weighted by molar-refractivity contribution is -0.0709. The normalized spacial score (nSPS) is 22.2. The maximum absolute atomic E-state index is 6.44. The highest BCUT2D eigenvalue weighted by Gasteiger charge is 2.23. The summed E-state index contributed by atoms with van der Waals surface area (Å²) in [4.78, 5) is 2.51. The Labute approximate surface area is 161 Å². The van der Waals surface area contributed by atoms with Gasteiger partial charge < -0.3 is 9.47 Å². The standard InChI is InChI=1S/C22H28ClNO2/c1-16(13-24-14-17(2)25-18(3)15-24)12-19-8-7-11-21(23)22(19)26-20-9-5-4-6-10-20/h4-11,16-18H,12-15H2,1-3H3. The summed E-state index contributed by atoms with van der Waals surface area (Å²) in [6, 6.07) is 15.8. The van der Waals surface area contributed by atoms with E-state index in [1.807, 2.05) is 42.5 Å². The lowest BCUT2D eigenvalue weighted by Crippen LogP contribution is -2.47. The van der Waals surface area contributed by atoms with Gasteiger partial charge in [0.2, 0.25) is 0 Å². The van der Waals surface area contributed by atoms with Gasteiger partial charge in [-0.2, -0.15) is 0 Å². The molecule has 0 amide bonds. The Balaban J connectivity index is 1.68. The van der Waals surface area contributed by atoms with Crippen molar-refractivity contribution in [1.29, 1.82) is 0 Å². The number of hydrogen-bond donors (Lipinski definition) is 0. The maximum Gasteiger partial charge on any atom is 0.149 e. The third-order valence-electron chi connectivity index (χ3n) is 4.65. The van der Waals surface area contributed by atoms with Crippen molar-refractivity contribution >= 4 is 11.6 Å². The first-order valence-electron chi connectivity index (χ1n) is 9.39. The fourth-order valence-electron chi connectivity index (χ4n) is 3.75. The summed E-state index contributed by atoms with van der Waals surface area (Å²) < 4.78 is 11.9. The molecule has 0 aliphatic carbocycles. The van der Waals surface area contributed by atoms with Crippen LogP contribution in [-0.4, -0.2) is 36.7 Å². The molecular formula is C22H28ClNO2. The van der Waals surface area contributed by atoms with Crippen LogP contribution in [0.4, 0.5) is 0 Å². The van der Waals surface area contributed by atoms with E-state index in [2.05, 4.69) is 31.7 Å². The van der Waals surface area contributed by atoms with Crippen molar-refractivity contribution in [2.45, 2.75) is 39.4 Å². The molecule has 1 saturated heterocycles. The van der Waals surface area contributed by atoms with Gasteiger partial charge >= 0.3 is 0 Å². The fraction of sp³-hybridized carbons (Fsp3) is 0.455. The molecule has 0 radical (unpaired) electrons. The van der Waals surface area contributed by atoms with Crippen LogP contribution in [0.15, 0.2) is 48.5 Å². The molecular weight excluding hydrogens is 346 g/mol. The predicted molar refractivity (Wildman–Crippen MR) is 107 cm³/mol. The molecule has 3 rings (SSSR count). The molecule has 0 N–H and O–H groups in total. The van der Waals surface area contributed by atoms with Crippen LogP contribution in [0.1, 0.15) is 26.3 Å². The van der Waals surface area contributed by atoms with Crippen LogP contribution in [0.2, 0.25) is 5.02 Å². The van der Waals surface area contributed by atoms with E-state index in [-0.39, 0.29) is 0 Å². The van der Waals surface area contributed by atoms with Crippen LogP contribution in [0.25, 0.3) is 0 Å². The summed E-state index contributed by atoms with van der Waals surface area (Å²) in [6.07, 6.45) is 1.53. The zero-order chi connectivity index (χ0) is 18.5. The monoisotopic (exact) mass is 373 g/mol. The van der Waals surface area contributed by atoms with Crippen LogP contribution in [0, 0.1) is 5.92 Å². The quantitative estimate of drug-likeness (QED) is 0.674. The van der Waals surface area contributed by atoms with Crippen molar-refractivity contribution in [3.8, 4) is 11.5 Å². The lowest BCUT2D eigenvalue weighted by Gasteiger charge is -2.36. The van der Waals surface area contributed by atoms with Crippen molar-refractivity contribution < 1.29 is 9.47 Å². The van der Waals surface area contributed by atoms with Crippen LogP contribution < -0.4 is 4.74 Å². The molecule has 1 fully saturated rings. The molecule has 2 aromatic rings. The minimum Gasteiger partial charge on any atom is -0.456 e. The number of benzene rings is 2. The molecule has 1 heterocycles. The van der Waals surface area contributed by atoms with Crippen LogP contribution >= 0.6 is 11.6 Å². The average Bonchev–Trinajstić information content (AvgIpc) is 2.58. The topological polar surface area (TPSA) is 21.7 Å². The third-order valence-corrected chi connectivity index (χ3v) is 4.94. The number of morpholine rings is 1. The van der Waals surface area contributed by atoms with Gasteiger partial charge in [0.05, 0.1) is 17.2 Å². The van der Waals surface area contributed by atoms with Crippen molar-refractivity contribution in [1.82, 2.24) is 4.90 Å². The second kappa shape index (κ2) is 8.90. The highest BCUT2D eigenvalue weighted by molar-refractivity contribution is 6.32. The number of para-hydroxylation sites is 2. The number of hydrogen-bond acceptors (Lipinski definition) is 3. The molecule has 26 heavy (non-hydrogen) atoms. The first-order chi connectivity index (χ1) is 12.5. The smallest absolute Gasteiger partial charge is 0.149 e. The van der Waals surface area contributed by atoms with Gasteiger partial charge in [0.15, 0.2) is 0 Å².